The summed E-state index contributed by atoms with van der Waals surface area (Å²) in [6.07, 6.45) is 0. The second kappa shape index (κ2) is 6.78. The third kappa shape index (κ3) is 4.24. The number of hydrogen-bond acceptors (Lipinski definition) is 3. The van der Waals surface area contributed by atoms with Gasteiger partial charge in [-0.25, -0.2) is 9.18 Å². The number of carbonyl (C=O) groups is 1. The van der Waals surface area contributed by atoms with E-state index in [4.69, 9.17) is 4.74 Å². The Labute approximate surface area is 118 Å². The fraction of sp³-hybridized carbons (Fsp3) is 0.133. The Morgan fingerprint density at radius 3 is 2.57 bits per heavy atom. The molecule has 0 unspecified atom stereocenters. The SMILES string of the molecule is O=C(OCc1cccc(F)c1)c1ccccc1OC(F)F. The molecule has 0 N–H and O–H groups in total. The summed E-state index contributed by atoms with van der Waals surface area (Å²) < 4.78 is 46.7. The first-order valence-electron chi connectivity index (χ1n) is 6.01. The number of alkyl halides is 2. The van der Waals surface area contributed by atoms with Gasteiger partial charge in [-0.1, -0.05) is 24.3 Å². The summed E-state index contributed by atoms with van der Waals surface area (Å²) in [5.41, 5.74) is 0.338. The summed E-state index contributed by atoms with van der Waals surface area (Å²) in [5, 5.41) is 0. The van der Waals surface area contributed by atoms with Gasteiger partial charge in [-0.3, -0.25) is 0 Å². The van der Waals surface area contributed by atoms with E-state index in [-0.39, 0.29) is 17.9 Å². The quantitative estimate of drug-likeness (QED) is 0.788. The molecule has 0 saturated carbocycles. The molecule has 2 rings (SSSR count). The van der Waals surface area contributed by atoms with Gasteiger partial charge in [-0.2, -0.15) is 8.78 Å². The molecule has 0 saturated heterocycles. The van der Waals surface area contributed by atoms with Gasteiger partial charge in [0, 0.05) is 0 Å². The van der Waals surface area contributed by atoms with Gasteiger partial charge in [0.2, 0.25) is 0 Å². The van der Waals surface area contributed by atoms with Crippen molar-refractivity contribution in [2.75, 3.05) is 0 Å². The minimum absolute atomic E-state index is 0.116. The van der Waals surface area contributed by atoms with Crippen LogP contribution in [0, 0.1) is 5.82 Å². The average molecular weight is 296 g/mol. The van der Waals surface area contributed by atoms with Crippen LogP contribution in [-0.4, -0.2) is 12.6 Å². The Balaban J connectivity index is 2.07. The van der Waals surface area contributed by atoms with Crippen LogP contribution in [0.2, 0.25) is 0 Å². The first kappa shape index (κ1) is 14.9. The predicted molar refractivity (Wildman–Crippen MR) is 68.6 cm³/mol. The molecule has 0 atom stereocenters. The first-order valence-corrected chi connectivity index (χ1v) is 6.01. The molecule has 3 nitrogen and oxygen atoms in total. The number of benzene rings is 2. The van der Waals surface area contributed by atoms with Crippen LogP contribution in [0.25, 0.3) is 0 Å². The van der Waals surface area contributed by atoms with Gasteiger partial charge >= 0.3 is 12.6 Å². The molecule has 21 heavy (non-hydrogen) atoms. The van der Waals surface area contributed by atoms with Crippen molar-refractivity contribution < 1.29 is 27.4 Å². The molecular weight excluding hydrogens is 285 g/mol. The smallest absolute Gasteiger partial charge is 0.387 e. The Kier molecular flexibility index (Phi) is 4.81. The van der Waals surface area contributed by atoms with Crippen LogP contribution in [0.15, 0.2) is 48.5 Å². The molecule has 2 aromatic rings. The third-order valence-electron chi connectivity index (χ3n) is 2.58. The highest BCUT2D eigenvalue weighted by Crippen LogP contribution is 2.21. The summed E-state index contributed by atoms with van der Waals surface area (Å²) in [5.74, 6) is -1.54. The molecule has 0 amide bonds. The maximum absolute atomic E-state index is 13.0. The van der Waals surface area contributed by atoms with Gasteiger partial charge in [0.25, 0.3) is 0 Å². The van der Waals surface area contributed by atoms with Crippen LogP contribution >= 0.6 is 0 Å². The summed E-state index contributed by atoms with van der Waals surface area (Å²) in [6, 6.07) is 11.0. The van der Waals surface area contributed by atoms with E-state index in [2.05, 4.69) is 4.74 Å². The van der Waals surface area contributed by atoms with Crippen LogP contribution in [-0.2, 0) is 11.3 Å². The van der Waals surface area contributed by atoms with Crippen LogP contribution in [0.3, 0.4) is 0 Å². The lowest BCUT2D eigenvalue weighted by Crippen LogP contribution is -2.10. The molecule has 0 aromatic heterocycles. The van der Waals surface area contributed by atoms with Crippen LogP contribution in [0.5, 0.6) is 5.75 Å². The van der Waals surface area contributed by atoms with Crippen molar-refractivity contribution in [1.29, 1.82) is 0 Å². The fourth-order valence-corrected chi connectivity index (χ4v) is 1.69. The van der Waals surface area contributed by atoms with Crippen LogP contribution in [0.4, 0.5) is 13.2 Å². The number of halogens is 3. The zero-order valence-electron chi connectivity index (χ0n) is 10.8. The van der Waals surface area contributed by atoms with E-state index in [1.165, 1.54) is 42.5 Å². The highest BCUT2D eigenvalue weighted by Gasteiger charge is 2.16. The van der Waals surface area contributed by atoms with Gasteiger partial charge < -0.3 is 9.47 Å². The Morgan fingerprint density at radius 1 is 1.10 bits per heavy atom. The normalized spacial score (nSPS) is 10.5. The van der Waals surface area contributed by atoms with Crippen LogP contribution < -0.4 is 4.74 Å². The zero-order valence-corrected chi connectivity index (χ0v) is 10.8. The van der Waals surface area contributed by atoms with E-state index in [0.29, 0.717) is 5.56 Å². The van der Waals surface area contributed by atoms with E-state index in [9.17, 15) is 18.0 Å². The van der Waals surface area contributed by atoms with Crippen LogP contribution in [0.1, 0.15) is 15.9 Å². The third-order valence-corrected chi connectivity index (χ3v) is 2.58. The van der Waals surface area contributed by atoms with Crippen molar-refractivity contribution in [2.24, 2.45) is 0 Å². The largest absolute Gasteiger partial charge is 0.457 e. The molecule has 6 heteroatoms. The molecule has 0 heterocycles. The lowest BCUT2D eigenvalue weighted by Gasteiger charge is -2.10. The highest BCUT2D eigenvalue weighted by atomic mass is 19.3. The lowest BCUT2D eigenvalue weighted by atomic mass is 10.2. The Hall–Kier alpha value is -2.50. The molecule has 0 fully saturated rings. The molecule has 0 aliphatic rings. The zero-order chi connectivity index (χ0) is 15.2. The maximum Gasteiger partial charge on any atom is 0.387 e. The first-order chi connectivity index (χ1) is 10.1. The standard InChI is InChI=1S/C15H11F3O3/c16-11-5-3-4-10(8-11)9-20-14(19)12-6-1-2-7-13(12)21-15(17)18/h1-8,15H,9H2. The van der Waals surface area contributed by atoms with Crippen molar-refractivity contribution in [3.05, 3.63) is 65.5 Å². The molecular formula is C15H11F3O3. The molecule has 0 aliphatic heterocycles. The Morgan fingerprint density at radius 2 is 1.86 bits per heavy atom. The minimum atomic E-state index is -3.04. The number of para-hydroxylation sites is 1. The lowest BCUT2D eigenvalue weighted by molar-refractivity contribution is -0.0504. The number of rotatable bonds is 5. The maximum atomic E-state index is 13.0. The number of esters is 1. The summed E-state index contributed by atoms with van der Waals surface area (Å²) in [7, 11) is 0. The van der Waals surface area contributed by atoms with Gasteiger partial charge in [0.15, 0.2) is 0 Å². The highest BCUT2D eigenvalue weighted by molar-refractivity contribution is 5.92. The fourth-order valence-electron chi connectivity index (χ4n) is 1.69. The summed E-state index contributed by atoms with van der Waals surface area (Å²) >= 11 is 0. The molecule has 0 bridgehead atoms. The second-order valence-electron chi connectivity index (χ2n) is 4.08. The number of carbonyl (C=O) groups excluding carboxylic acids is 1. The number of hydrogen-bond donors (Lipinski definition) is 0. The van der Waals surface area contributed by atoms with E-state index in [1.807, 2.05) is 0 Å². The van der Waals surface area contributed by atoms with E-state index in [1.54, 1.807) is 6.07 Å². The van der Waals surface area contributed by atoms with Gasteiger partial charge in [-0.05, 0) is 29.8 Å². The van der Waals surface area contributed by atoms with Gasteiger partial charge in [0.05, 0.1) is 0 Å². The topological polar surface area (TPSA) is 35.5 Å². The second-order valence-corrected chi connectivity index (χ2v) is 4.08. The molecule has 110 valence electrons. The molecule has 0 aliphatic carbocycles. The van der Waals surface area contributed by atoms with Crippen molar-refractivity contribution in [2.45, 2.75) is 13.2 Å². The van der Waals surface area contributed by atoms with Gasteiger partial charge in [0.1, 0.15) is 23.7 Å². The molecule has 0 radical (unpaired) electrons. The molecule has 0 spiro atoms. The molecule has 2 aromatic carbocycles. The average Bonchev–Trinajstić information content (AvgIpc) is 2.45. The van der Waals surface area contributed by atoms with E-state index >= 15 is 0 Å². The van der Waals surface area contributed by atoms with Crippen molar-refractivity contribution in [3.8, 4) is 5.75 Å². The van der Waals surface area contributed by atoms with E-state index < -0.39 is 18.4 Å². The van der Waals surface area contributed by atoms with Crippen molar-refractivity contribution in [3.63, 3.8) is 0 Å². The summed E-state index contributed by atoms with van der Waals surface area (Å²) in [6.45, 7) is -3.21. The van der Waals surface area contributed by atoms with Gasteiger partial charge in [-0.15, -0.1) is 0 Å². The predicted octanol–water partition coefficient (Wildman–Crippen LogP) is 3.78. The number of ether oxygens (including phenoxy) is 2. The van der Waals surface area contributed by atoms with Crippen molar-refractivity contribution >= 4 is 5.97 Å². The minimum Gasteiger partial charge on any atom is -0.457 e. The Bertz CT molecular complexity index is 629. The van der Waals surface area contributed by atoms with Crippen molar-refractivity contribution in [1.82, 2.24) is 0 Å². The summed E-state index contributed by atoms with van der Waals surface area (Å²) in [4.78, 5) is 11.9. The van der Waals surface area contributed by atoms with E-state index in [0.717, 1.165) is 0 Å². The monoisotopic (exact) mass is 296 g/mol.